The maximum Gasteiger partial charge on any atom is 0.348 e. The number of hydrogen-bond donors (Lipinski definition) is 1. The second-order valence-electron chi connectivity index (χ2n) is 6.59. The molecule has 8 heteroatoms. The first-order valence-corrected chi connectivity index (χ1v) is 10.3. The van der Waals surface area contributed by atoms with Crippen LogP contribution in [0.3, 0.4) is 0 Å². The SMILES string of the molecule is CCOC(=O)c1sc2ncnc(NCCC(=O)N(C)Cc3ccccc3)c2c1C. The summed E-state index contributed by atoms with van der Waals surface area (Å²) in [6, 6.07) is 9.88. The molecule has 0 atom stereocenters. The molecule has 0 aliphatic rings. The van der Waals surface area contributed by atoms with Crippen LogP contribution in [0.25, 0.3) is 10.2 Å². The average molecular weight is 413 g/mol. The van der Waals surface area contributed by atoms with Crippen molar-refractivity contribution in [2.24, 2.45) is 0 Å². The fraction of sp³-hybridized carbons (Fsp3) is 0.333. The molecule has 1 N–H and O–H groups in total. The van der Waals surface area contributed by atoms with Crippen LogP contribution in [0.4, 0.5) is 5.82 Å². The van der Waals surface area contributed by atoms with Crippen LogP contribution in [-0.4, -0.2) is 46.9 Å². The monoisotopic (exact) mass is 412 g/mol. The van der Waals surface area contributed by atoms with Gasteiger partial charge in [0.2, 0.25) is 5.91 Å². The number of rotatable bonds is 8. The molecule has 152 valence electrons. The molecule has 0 aliphatic heterocycles. The van der Waals surface area contributed by atoms with E-state index in [1.807, 2.05) is 37.3 Å². The number of amides is 1. The maximum absolute atomic E-state index is 12.4. The van der Waals surface area contributed by atoms with Crippen molar-refractivity contribution in [1.82, 2.24) is 14.9 Å². The summed E-state index contributed by atoms with van der Waals surface area (Å²) in [6.07, 6.45) is 1.79. The molecule has 1 aromatic carbocycles. The number of carbonyl (C=O) groups excluding carboxylic acids is 2. The molecule has 3 rings (SSSR count). The predicted octanol–water partition coefficient (Wildman–Crippen LogP) is 3.64. The third-order valence-corrected chi connectivity index (χ3v) is 5.69. The number of fused-ring (bicyclic) bond motifs is 1. The first-order valence-electron chi connectivity index (χ1n) is 9.44. The van der Waals surface area contributed by atoms with Gasteiger partial charge in [-0.15, -0.1) is 11.3 Å². The fourth-order valence-electron chi connectivity index (χ4n) is 3.02. The van der Waals surface area contributed by atoms with Crippen LogP contribution < -0.4 is 5.32 Å². The summed E-state index contributed by atoms with van der Waals surface area (Å²) in [5.74, 6) is 0.315. The molecule has 1 amide bonds. The Hall–Kier alpha value is -3.00. The van der Waals surface area contributed by atoms with Crippen LogP contribution in [0.15, 0.2) is 36.7 Å². The van der Waals surface area contributed by atoms with Gasteiger partial charge in [-0.25, -0.2) is 14.8 Å². The van der Waals surface area contributed by atoms with Crippen molar-refractivity contribution < 1.29 is 14.3 Å². The highest BCUT2D eigenvalue weighted by Gasteiger charge is 2.20. The lowest BCUT2D eigenvalue weighted by Crippen LogP contribution is -2.27. The van der Waals surface area contributed by atoms with Crippen molar-refractivity contribution in [2.45, 2.75) is 26.8 Å². The summed E-state index contributed by atoms with van der Waals surface area (Å²) in [6.45, 7) is 4.97. The van der Waals surface area contributed by atoms with Crippen LogP contribution in [0, 0.1) is 6.92 Å². The zero-order valence-electron chi connectivity index (χ0n) is 16.8. The highest BCUT2D eigenvalue weighted by molar-refractivity contribution is 7.20. The van der Waals surface area contributed by atoms with Crippen molar-refractivity contribution in [1.29, 1.82) is 0 Å². The fourth-order valence-corrected chi connectivity index (χ4v) is 4.06. The Morgan fingerprint density at radius 3 is 2.69 bits per heavy atom. The summed E-state index contributed by atoms with van der Waals surface area (Å²) in [5.41, 5.74) is 1.88. The van der Waals surface area contributed by atoms with Crippen LogP contribution >= 0.6 is 11.3 Å². The minimum Gasteiger partial charge on any atom is -0.462 e. The highest BCUT2D eigenvalue weighted by atomic mass is 32.1. The van der Waals surface area contributed by atoms with Gasteiger partial charge in [0.1, 0.15) is 21.9 Å². The average Bonchev–Trinajstić information content (AvgIpc) is 3.06. The first-order chi connectivity index (χ1) is 14.0. The number of esters is 1. The van der Waals surface area contributed by atoms with Crippen LogP contribution in [-0.2, 0) is 16.1 Å². The predicted molar refractivity (Wildman–Crippen MR) is 114 cm³/mol. The molecule has 29 heavy (non-hydrogen) atoms. The highest BCUT2D eigenvalue weighted by Crippen LogP contribution is 2.33. The Balaban J connectivity index is 1.64. The van der Waals surface area contributed by atoms with Crippen molar-refractivity contribution >= 4 is 39.2 Å². The van der Waals surface area contributed by atoms with Crippen molar-refractivity contribution in [3.63, 3.8) is 0 Å². The number of carbonyl (C=O) groups is 2. The molecule has 3 aromatic rings. The second kappa shape index (κ2) is 9.47. The van der Waals surface area contributed by atoms with Gasteiger partial charge in [0.25, 0.3) is 0 Å². The van der Waals surface area contributed by atoms with Gasteiger partial charge in [-0.3, -0.25) is 4.79 Å². The topological polar surface area (TPSA) is 84.4 Å². The van der Waals surface area contributed by atoms with Gasteiger partial charge >= 0.3 is 5.97 Å². The quantitative estimate of drug-likeness (QED) is 0.569. The van der Waals surface area contributed by atoms with E-state index in [4.69, 9.17) is 4.74 Å². The van der Waals surface area contributed by atoms with E-state index in [2.05, 4.69) is 15.3 Å². The van der Waals surface area contributed by atoms with Gasteiger partial charge < -0.3 is 15.0 Å². The molecule has 2 heterocycles. The van der Waals surface area contributed by atoms with Gasteiger partial charge in [-0.2, -0.15) is 0 Å². The number of nitrogens with one attached hydrogen (secondary N) is 1. The zero-order valence-corrected chi connectivity index (χ0v) is 17.6. The van der Waals surface area contributed by atoms with Gasteiger partial charge in [0.05, 0.1) is 12.0 Å². The molecule has 0 aliphatic carbocycles. The molecule has 7 nitrogen and oxygen atoms in total. The lowest BCUT2D eigenvalue weighted by atomic mass is 10.2. The summed E-state index contributed by atoms with van der Waals surface area (Å²) in [7, 11) is 1.80. The molecule has 0 bridgehead atoms. The third kappa shape index (κ3) is 4.89. The number of thiophene rings is 1. The summed E-state index contributed by atoms with van der Waals surface area (Å²) in [5, 5.41) is 4.02. The van der Waals surface area contributed by atoms with E-state index in [9.17, 15) is 9.59 Å². The van der Waals surface area contributed by atoms with E-state index in [1.165, 1.54) is 17.7 Å². The van der Waals surface area contributed by atoms with E-state index in [0.717, 1.165) is 21.3 Å². The molecule has 0 fully saturated rings. The van der Waals surface area contributed by atoms with Gasteiger partial charge in [-0.1, -0.05) is 30.3 Å². The zero-order chi connectivity index (χ0) is 20.8. The number of aromatic nitrogens is 2. The van der Waals surface area contributed by atoms with Gasteiger partial charge in [-0.05, 0) is 25.0 Å². The number of ether oxygens (including phenoxy) is 1. The van der Waals surface area contributed by atoms with E-state index < -0.39 is 0 Å². The van der Waals surface area contributed by atoms with Gasteiger partial charge in [0, 0.05) is 26.6 Å². The molecule has 0 saturated heterocycles. The lowest BCUT2D eigenvalue weighted by molar-refractivity contribution is -0.130. The van der Waals surface area contributed by atoms with E-state index in [1.54, 1.807) is 18.9 Å². The molecule has 0 saturated carbocycles. The Morgan fingerprint density at radius 1 is 1.21 bits per heavy atom. The molecule has 0 unspecified atom stereocenters. The Labute approximate surface area is 173 Å². The first kappa shape index (κ1) is 20.7. The van der Waals surface area contributed by atoms with Crippen molar-refractivity contribution in [3.05, 3.63) is 52.7 Å². The smallest absolute Gasteiger partial charge is 0.348 e. The second-order valence-corrected chi connectivity index (χ2v) is 7.59. The van der Waals surface area contributed by atoms with Crippen LogP contribution in [0.2, 0.25) is 0 Å². The van der Waals surface area contributed by atoms with Crippen LogP contribution in [0.1, 0.15) is 34.1 Å². The standard InChI is InChI=1S/C21H24N4O3S/c1-4-28-21(27)18-14(2)17-19(23-13-24-20(17)29-18)22-11-10-16(26)25(3)12-15-8-6-5-7-9-15/h5-9,13H,4,10-12H2,1-3H3,(H,22,23,24). The third-order valence-electron chi connectivity index (χ3n) is 4.51. The van der Waals surface area contributed by atoms with E-state index in [-0.39, 0.29) is 11.9 Å². The number of benzene rings is 1. The Morgan fingerprint density at radius 2 is 1.97 bits per heavy atom. The Kier molecular flexibility index (Phi) is 6.77. The summed E-state index contributed by atoms with van der Waals surface area (Å²) in [4.78, 5) is 36.1. The number of anilines is 1. The number of aryl methyl sites for hydroxylation is 1. The molecule has 2 aromatic heterocycles. The lowest BCUT2D eigenvalue weighted by Gasteiger charge is -2.17. The molecular weight excluding hydrogens is 388 g/mol. The molecule has 0 radical (unpaired) electrons. The molecular formula is C21H24N4O3S. The van der Waals surface area contributed by atoms with E-state index in [0.29, 0.717) is 36.8 Å². The number of nitrogens with zero attached hydrogens (tertiary/aromatic N) is 3. The largest absolute Gasteiger partial charge is 0.462 e. The summed E-state index contributed by atoms with van der Waals surface area (Å²) < 4.78 is 5.12. The van der Waals surface area contributed by atoms with Crippen molar-refractivity contribution in [2.75, 3.05) is 25.5 Å². The van der Waals surface area contributed by atoms with Crippen LogP contribution in [0.5, 0.6) is 0 Å². The molecule has 0 spiro atoms. The normalized spacial score (nSPS) is 10.7. The Bertz CT molecular complexity index is 1000. The maximum atomic E-state index is 12.4. The van der Waals surface area contributed by atoms with E-state index >= 15 is 0 Å². The van der Waals surface area contributed by atoms with Crippen molar-refractivity contribution in [3.8, 4) is 0 Å². The summed E-state index contributed by atoms with van der Waals surface area (Å²) >= 11 is 1.29. The minimum absolute atomic E-state index is 0.0425. The number of hydrogen-bond acceptors (Lipinski definition) is 7. The minimum atomic E-state index is -0.350. The van der Waals surface area contributed by atoms with Gasteiger partial charge in [0.15, 0.2) is 0 Å².